The van der Waals surface area contributed by atoms with Crippen molar-refractivity contribution in [3.8, 4) is 11.1 Å². The molecular formula is C24H18ClNO3. The van der Waals surface area contributed by atoms with E-state index in [1.54, 1.807) is 37.3 Å². The summed E-state index contributed by atoms with van der Waals surface area (Å²) in [6.45, 7) is 1.58. The highest BCUT2D eigenvalue weighted by Crippen LogP contribution is 2.33. The SMILES string of the molecule is CC(C(=O)O)c1c(C(=O)c2ccc(-c3ccccc3)cc2)[nH]c2cc(Cl)ccc12. The van der Waals surface area contributed by atoms with Crippen LogP contribution in [0.3, 0.4) is 0 Å². The van der Waals surface area contributed by atoms with Crippen molar-refractivity contribution in [2.75, 3.05) is 0 Å². The quantitative estimate of drug-likeness (QED) is 0.407. The standard InChI is InChI=1S/C24H18ClNO3/c1-14(24(28)29)21-19-12-11-18(25)13-20(19)26-22(21)23(27)17-9-7-16(8-10-17)15-5-3-2-4-6-15/h2-14,26H,1H3,(H,28,29). The molecule has 4 rings (SSSR count). The molecule has 0 aliphatic heterocycles. The molecule has 1 aromatic heterocycles. The minimum absolute atomic E-state index is 0.250. The summed E-state index contributed by atoms with van der Waals surface area (Å²) < 4.78 is 0. The van der Waals surface area contributed by atoms with Crippen LogP contribution < -0.4 is 0 Å². The molecule has 1 atom stereocenters. The van der Waals surface area contributed by atoms with E-state index in [1.807, 2.05) is 42.5 Å². The lowest BCUT2D eigenvalue weighted by molar-refractivity contribution is -0.138. The number of carboxylic acid groups (broad SMARTS) is 1. The van der Waals surface area contributed by atoms with Gasteiger partial charge in [-0.05, 0) is 30.2 Å². The lowest BCUT2D eigenvalue weighted by atomic mass is 9.94. The number of fused-ring (bicyclic) bond motifs is 1. The fourth-order valence-electron chi connectivity index (χ4n) is 3.53. The summed E-state index contributed by atoms with van der Waals surface area (Å²) in [6, 6.07) is 22.3. The molecule has 5 heteroatoms. The Labute approximate surface area is 172 Å². The maximum Gasteiger partial charge on any atom is 0.310 e. The Bertz CT molecular complexity index is 1210. The number of halogens is 1. The van der Waals surface area contributed by atoms with Crippen LogP contribution in [0.2, 0.25) is 5.02 Å². The Morgan fingerprint density at radius 1 is 0.931 bits per heavy atom. The summed E-state index contributed by atoms with van der Waals surface area (Å²) in [6.07, 6.45) is 0. The van der Waals surface area contributed by atoms with E-state index in [2.05, 4.69) is 4.98 Å². The third-order valence-corrected chi connectivity index (χ3v) is 5.32. The smallest absolute Gasteiger partial charge is 0.310 e. The van der Waals surface area contributed by atoms with E-state index in [-0.39, 0.29) is 11.5 Å². The lowest BCUT2D eigenvalue weighted by Crippen LogP contribution is -2.12. The van der Waals surface area contributed by atoms with E-state index in [9.17, 15) is 14.7 Å². The van der Waals surface area contributed by atoms with Gasteiger partial charge in [-0.15, -0.1) is 0 Å². The number of hydrogen-bond donors (Lipinski definition) is 2. The molecule has 0 spiro atoms. The van der Waals surface area contributed by atoms with Crippen molar-refractivity contribution in [2.24, 2.45) is 0 Å². The summed E-state index contributed by atoms with van der Waals surface area (Å²) in [5.41, 5.74) is 3.95. The van der Waals surface area contributed by atoms with Gasteiger partial charge >= 0.3 is 5.97 Å². The van der Waals surface area contributed by atoms with Crippen molar-refractivity contribution in [3.63, 3.8) is 0 Å². The average Bonchev–Trinajstić information content (AvgIpc) is 3.11. The molecule has 4 nitrogen and oxygen atoms in total. The van der Waals surface area contributed by atoms with Gasteiger partial charge in [-0.3, -0.25) is 9.59 Å². The second-order valence-corrected chi connectivity index (χ2v) is 7.37. The molecule has 0 fully saturated rings. The van der Waals surface area contributed by atoms with Gasteiger partial charge < -0.3 is 10.1 Å². The number of aliphatic carboxylic acids is 1. The van der Waals surface area contributed by atoms with Crippen LogP contribution in [0.25, 0.3) is 22.0 Å². The number of ketones is 1. The maximum absolute atomic E-state index is 13.2. The van der Waals surface area contributed by atoms with Crippen LogP contribution in [0.5, 0.6) is 0 Å². The first-order valence-corrected chi connectivity index (χ1v) is 9.57. The number of aromatic amines is 1. The summed E-state index contributed by atoms with van der Waals surface area (Å²) in [7, 11) is 0. The van der Waals surface area contributed by atoms with Crippen LogP contribution in [0.15, 0.2) is 72.8 Å². The monoisotopic (exact) mass is 403 g/mol. The second kappa shape index (κ2) is 7.57. The highest BCUT2D eigenvalue weighted by atomic mass is 35.5. The third-order valence-electron chi connectivity index (χ3n) is 5.09. The molecule has 144 valence electrons. The first-order chi connectivity index (χ1) is 14.0. The van der Waals surface area contributed by atoms with E-state index in [0.29, 0.717) is 27.1 Å². The van der Waals surface area contributed by atoms with E-state index in [1.165, 1.54) is 0 Å². The van der Waals surface area contributed by atoms with Crippen LogP contribution >= 0.6 is 11.6 Å². The van der Waals surface area contributed by atoms with E-state index in [0.717, 1.165) is 11.1 Å². The van der Waals surface area contributed by atoms with Gasteiger partial charge in [0.1, 0.15) is 0 Å². The van der Waals surface area contributed by atoms with E-state index >= 15 is 0 Å². The van der Waals surface area contributed by atoms with Gasteiger partial charge in [0, 0.05) is 27.1 Å². The Balaban J connectivity index is 1.78. The van der Waals surface area contributed by atoms with Gasteiger partial charge in [0.25, 0.3) is 0 Å². The summed E-state index contributed by atoms with van der Waals surface area (Å²) in [5, 5.41) is 10.8. The number of benzene rings is 3. The molecule has 0 saturated carbocycles. The van der Waals surface area contributed by atoms with Crippen molar-refractivity contribution in [3.05, 3.63) is 94.6 Å². The molecule has 0 amide bonds. The van der Waals surface area contributed by atoms with Gasteiger partial charge in [0.15, 0.2) is 0 Å². The van der Waals surface area contributed by atoms with Crippen molar-refractivity contribution in [1.82, 2.24) is 4.98 Å². The minimum atomic E-state index is -0.991. The number of hydrogen-bond acceptors (Lipinski definition) is 2. The normalized spacial score (nSPS) is 12.1. The van der Waals surface area contributed by atoms with Gasteiger partial charge in [-0.2, -0.15) is 0 Å². The van der Waals surface area contributed by atoms with Crippen LogP contribution in [-0.4, -0.2) is 21.8 Å². The maximum atomic E-state index is 13.2. The lowest BCUT2D eigenvalue weighted by Gasteiger charge is -2.09. The summed E-state index contributed by atoms with van der Waals surface area (Å²) in [4.78, 5) is 28.0. The van der Waals surface area contributed by atoms with E-state index < -0.39 is 11.9 Å². The molecule has 1 unspecified atom stereocenters. The number of rotatable bonds is 5. The Morgan fingerprint density at radius 3 is 2.24 bits per heavy atom. The molecule has 3 aromatic carbocycles. The number of carbonyl (C=O) groups excluding carboxylic acids is 1. The number of carboxylic acids is 1. The van der Waals surface area contributed by atoms with Crippen molar-refractivity contribution < 1.29 is 14.7 Å². The molecular weight excluding hydrogens is 386 g/mol. The predicted octanol–water partition coefficient (Wildman–Crippen LogP) is 5.91. The van der Waals surface area contributed by atoms with Gasteiger partial charge in [0.2, 0.25) is 5.78 Å². The molecule has 0 radical (unpaired) electrons. The fraction of sp³-hybridized carbons (Fsp3) is 0.0833. The minimum Gasteiger partial charge on any atom is -0.481 e. The molecule has 0 bridgehead atoms. The zero-order valence-electron chi connectivity index (χ0n) is 15.6. The van der Waals surface area contributed by atoms with Crippen LogP contribution in [0.1, 0.15) is 34.5 Å². The molecule has 0 aliphatic carbocycles. The largest absolute Gasteiger partial charge is 0.481 e. The number of nitrogens with one attached hydrogen (secondary N) is 1. The fourth-order valence-corrected chi connectivity index (χ4v) is 3.70. The van der Waals surface area contributed by atoms with Crippen molar-refractivity contribution >= 4 is 34.3 Å². The highest BCUT2D eigenvalue weighted by molar-refractivity contribution is 6.31. The molecule has 0 saturated heterocycles. The number of carbonyl (C=O) groups is 2. The van der Waals surface area contributed by atoms with Gasteiger partial charge in [-0.25, -0.2) is 0 Å². The summed E-state index contributed by atoms with van der Waals surface area (Å²) >= 11 is 6.07. The Hall–Kier alpha value is -3.37. The van der Waals surface area contributed by atoms with E-state index in [4.69, 9.17) is 11.6 Å². The Morgan fingerprint density at radius 2 is 1.59 bits per heavy atom. The van der Waals surface area contributed by atoms with Gasteiger partial charge in [0.05, 0.1) is 11.6 Å². The van der Waals surface area contributed by atoms with Gasteiger partial charge in [-0.1, -0.05) is 72.3 Å². The zero-order chi connectivity index (χ0) is 20.5. The first kappa shape index (κ1) is 19.0. The van der Waals surface area contributed by atoms with Crippen LogP contribution in [0, 0.1) is 0 Å². The summed E-state index contributed by atoms with van der Waals surface area (Å²) in [5.74, 6) is -2.08. The molecule has 4 aromatic rings. The Kier molecular flexibility index (Phi) is 4.95. The second-order valence-electron chi connectivity index (χ2n) is 6.94. The molecule has 0 aliphatic rings. The predicted molar refractivity (Wildman–Crippen MR) is 115 cm³/mol. The van der Waals surface area contributed by atoms with Crippen LogP contribution in [-0.2, 0) is 4.79 Å². The third kappa shape index (κ3) is 3.55. The average molecular weight is 404 g/mol. The van der Waals surface area contributed by atoms with Crippen molar-refractivity contribution in [2.45, 2.75) is 12.8 Å². The highest BCUT2D eigenvalue weighted by Gasteiger charge is 2.26. The number of H-pyrrole nitrogens is 1. The molecule has 29 heavy (non-hydrogen) atoms. The number of aromatic nitrogens is 1. The first-order valence-electron chi connectivity index (χ1n) is 9.20. The molecule has 2 N–H and O–H groups in total. The zero-order valence-corrected chi connectivity index (χ0v) is 16.4. The van der Waals surface area contributed by atoms with Crippen molar-refractivity contribution in [1.29, 1.82) is 0 Å². The topological polar surface area (TPSA) is 70.2 Å². The molecule has 1 heterocycles. The van der Waals surface area contributed by atoms with Crippen LogP contribution in [0.4, 0.5) is 0 Å².